The maximum absolute atomic E-state index is 9.54. The molecule has 5 heteroatoms. The minimum absolute atomic E-state index is 0.0946. The van der Waals surface area contributed by atoms with Gasteiger partial charge in [0.1, 0.15) is 17.1 Å². The zero-order chi connectivity index (χ0) is 15.2. The summed E-state index contributed by atoms with van der Waals surface area (Å²) >= 11 is 0. The van der Waals surface area contributed by atoms with Gasteiger partial charge in [0.15, 0.2) is 0 Å². The van der Waals surface area contributed by atoms with Crippen LogP contribution in [0.1, 0.15) is 50.9 Å². The SMILES string of the molecule is CCOc1ccccc1-n1nnc(CO)c1C(CC)CC. The lowest BCUT2D eigenvalue weighted by Crippen LogP contribution is -2.10. The Morgan fingerprint density at radius 2 is 1.90 bits per heavy atom. The fourth-order valence-electron chi connectivity index (χ4n) is 2.60. The molecule has 1 N–H and O–H groups in total. The molecule has 1 heterocycles. The zero-order valence-electron chi connectivity index (χ0n) is 12.9. The van der Waals surface area contributed by atoms with Crippen molar-refractivity contribution in [1.82, 2.24) is 15.0 Å². The van der Waals surface area contributed by atoms with E-state index >= 15 is 0 Å². The molecule has 0 saturated heterocycles. The standard InChI is InChI=1S/C16H23N3O2/c1-4-12(5-2)16-13(11-20)17-18-19(16)14-9-7-8-10-15(14)21-6-3/h7-10,12,20H,4-6,11H2,1-3H3. The highest BCUT2D eigenvalue weighted by Crippen LogP contribution is 2.30. The minimum Gasteiger partial charge on any atom is -0.492 e. The van der Waals surface area contributed by atoms with Crippen LogP contribution < -0.4 is 4.74 Å². The van der Waals surface area contributed by atoms with Crippen molar-refractivity contribution in [3.05, 3.63) is 35.7 Å². The van der Waals surface area contributed by atoms with Gasteiger partial charge in [0.05, 0.1) is 18.9 Å². The summed E-state index contributed by atoms with van der Waals surface area (Å²) in [6.45, 7) is 6.74. The molecule has 0 fully saturated rings. The molecule has 0 amide bonds. The normalized spacial score (nSPS) is 11.1. The molecule has 1 aromatic heterocycles. The number of aliphatic hydroxyl groups excluding tert-OH is 1. The zero-order valence-corrected chi connectivity index (χ0v) is 12.9. The van der Waals surface area contributed by atoms with Crippen LogP contribution in [0.3, 0.4) is 0 Å². The number of para-hydroxylation sites is 2. The second kappa shape index (κ2) is 7.22. The van der Waals surface area contributed by atoms with Crippen LogP contribution in [-0.2, 0) is 6.61 Å². The highest BCUT2D eigenvalue weighted by molar-refractivity contribution is 5.47. The first-order valence-electron chi connectivity index (χ1n) is 7.54. The predicted octanol–water partition coefficient (Wildman–Crippen LogP) is 3.06. The van der Waals surface area contributed by atoms with Crippen LogP contribution in [0.4, 0.5) is 0 Å². The summed E-state index contributed by atoms with van der Waals surface area (Å²) in [5.74, 6) is 1.10. The fourth-order valence-corrected chi connectivity index (χ4v) is 2.60. The quantitative estimate of drug-likeness (QED) is 0.851. The molecule has 0 saturated carbocycles. The molecule has 2 rings (SSSR count). The van der Waals surface area contributed by atoms with Crippen molar-refractivity contribution in [2.75, 3.05) is 6.61 Å². The first-order chi connectivity index (χ1) is 10.3. The summed E-state index contributed by atoms with van der Waals surface area (Å²) in [5, 5.41) is 17.9. The summed E-state index contributed by atoms with van der Waals surface area (Å²) in [7, 11) is 0. The average molecular weight is 289 g/mol. The van der Waals surface area contributed by atoms with Gasteiger partial charge in [0.2, 0.25) is 0 Å². The Morgan fingerprint density at radius 3 is 2.52 bits per heavy atom. The molecule has 2 aromatic rings. The van der Waals surface area contributed by atoms with Crippen molar-refractivity contribution in [3.63, 3.8) is 0 Å². The van der Waals surface area contributed by atoms with Gasteiger partial charge in [-0.25, -0.2) is 4.68 Å². The third kappa shape index (κ3) is 3.08. The largest absolute Gasteiger partial charge is 0.492 e. The lowest BCUT2D eigenvalue weighted by atomic mass is 9.97. The molecule has 0 bridgehead atoms. The molecular weight excluding hydrogens is 266 g/mol. The monoisotopic (exact) mass is 289 g/mol. The van der Waals surface area contributed by atoms with Crippen LogP contribution in [0.2, 0.25) is 0 Å². The lowest BCUT2D eigenvalue weighted by Gasteiger charge is -2.17. The third-order valence-electron chi connectivity index (χ3n) is 3.69. The van der Waals surface area contributed by atoms with E-state index in [9.17, 15) is 5.11 Å². The molecular formula is C16H23N3O2. The van der Waals surface area contributed by atoms with Gasteiger partial charge in [-0.05, 0) is 31.9 Å². The van der Waals surface area contributed by atoms with Gasteiger partial charge in [-0.15, -0.1) is 5.10 Å². The summed E-state index contributed by atoms with van der Waals surface area (Å²) in [4.78, 5) is 0. The van der Waals surface area contributed by atoms with E-state index in [4.69, 9.17) is 4.74 Å². The molecule has 1 aromatic carbocycles. The number of ether oxygens (including phenoxy) is 1. The Kier molecular flexibility index (Phi) is 5.33. The summed E-state index contributed by atoms with van der Waals surface area (Å²) < 4.78 is 7.50. The number of hydrogen-bond acceptors (Lipinski definition) is 4. The van der Waals surface area contributed by atoms with Crippen molar-refractivity contribution in [2.24, 2.45) is 0 Å². The highest BCUT2D eigenvalue weighted by Gasteiger charge is 2.22. The van der Waals surface area contributed by atoms with E-state index in [0.717, 1.165) is 30.0 Å². The Bertz CT molecular complexity index is 577. The second-order valence-corrected chi connectivity index (χ2v) is 4.91. The van der Waals surface area contributed by atoms with Gasteiger partial charge < -0.3 is 9.84 Å². The number of hydrogen-bond donors (Lipinski definition) is 1. The average Bonchev–Trinajstić information content (AvgIpc) is 2.93. The van der Waals surface area contributed by atoms with Crippen molar-refractivity contribution in [2.45, 2.75) is 46.1 Å². The Hall–Kier alpha value is -1.88. The molecule has 0 unspecified atom stereocenters. The van der Waals surface area contributed by atoms with Crippen LogP contribution in [0.5, 0.6) is 5.75 Å². The van der Waals surface area contributed by atoms with Gasteiger partial charge >= 0.3 is 0 Å². The number of aliphatic hydroxyl groups is 1. The van der Waals surface area contributed by atoms with Gasteiger partial charge in [-0.1, -0.05) is 31.2 Å². The number of benzene rings is 1. The molecule has 0 spiro atoms. The van der Waals surface area contributed by atoms with E-state index in [1.807, 2.05) is 35.9 Å². The smallest absolute Gasteiger partial charge is 0.145 e. The van der Waals surface area contributed by atoms with E-state index in [2.05, 4.69) is 24.2 Å². The van der Waals surface area contributed by atoms with Gasteiger partial charge in [0, 0.05) is 5.92 Å². The molecule has 0 aliphatic heterocycles. The second-order valence-electron chi connectivity index (χ2n) is 4.91. The molecule has 0 aliphatic carbocycles. The molecule has 21 heavy (non-hydrogen) atoms. The van der Waals surface area contributed by atoms with Crippen molar-refractivity contribution in [3.8, 4) is 11.4 Å². The fraction of sp³-hybridized carbons (Fsp3) is 0.500. The van der Waals surface area contributed by atoms with E-state index in [-0.39, 0.29) is 6.61 Å². The van der Waals surface area contributed by atoms with E-state index in [1.165, 1.54) is 0 Å². The minimum atomic E-state index is -0.0946. The van der Waals surface area contributed by atoms with Crippen molar-refractivity contribution in [1.29, 1.82) is 0 Å². The Morgan fingerprint density at radius 1 is 1.19 bits per heavy atom. The summed E-state index contributed by atoms with van der Waals surface area (Å²) in [5.41, 5.74) is 2.50. The number of nitrogens with zero attached hydrogens (tertiary/aromatic N) is 3. The Balaban J connectivity index is 2.56. The van der Waals surface area contributed by atoms with Crippen LogP contribution in [0, 0.1) is 0 Å². The van der Waals surface area contributed by atoms with E-state index in [0.29, 0.717) is 18.2 Å². The maximum Gasteiger partial charge on any atom is 0.145 e. The van der Waals surface area contributed by atoms with Gasteiger partial charge in [-0.3, -0.25) is 0 Å². The first kappa shape index (κ1) is 15.5. The molecule has 0 atom stereocenters. The summed E-state index contributed by atoms with van der Waals surface area (Å²) in [6, 6.07) is 7.78. The summed E-state index contributed by atoms with van der Waals surface area (Å²) in [6.07, 6.45) is 1.96. The van der Waals surface area contributed by atoms with Gasteiger partial charge in [-0.2, -0.15) is 0 Å². The first-order valence-corrected chi connectivity index (χ1v) is 7.54. The van der Waals surface area contributed by atoms with E-state index in [1.54, 1.807) is 0 Å². The van der Waals surface area contributed by atoms with E-state index < -0.39 is 0 Å². The van der Waals surface area contributed by atoms with Crippen LogP contribution in [-0.4, -0.2) is 26.7 Å². The predicted molar refractivity (Wildman–Crippen MR) is 81.8 cm³/mol. The van der Waals surface area contributed by atoms with Gasteiger partial charge in [0.25, 0.3) is 0 Å². The number of rotatable bonds is 7. The molecule has 5 nitrogen and oxygen atoms in total. The third-order valence-corrected chi connectivity index (χ3v) is 3.69. The molecule has 0 radical (unpaired) electrons. The van der Waals surface area contributed by atoms with Crippen LogP contribution in [0.25, 0.3) is 5.69 Å². The molecule has 114 valence electrons. The topological polar surface area (TPSA) is 60.2 Å². The van der Waals surface area contributed by atoms with Crippen LogP contribution >= 0.6 is 0 Å². The van der Waals surface area contributed by atoms with Crippen molar-refractivity contribution < 1.29 is 9.84 Å². The molecule has 0 aliphatic rings. The highest BCUT2D eigenvalue weighted by atomic mass is 16.5. The van der Waals surface area contributed by atoms with Crippen LogP contribution in [0.15, 0.2) is 24.3 Å². The lowest BCUT2D eigenvalue weighted by molar-refractivity contribution is 0.274. The number of aromatic nitrogens is 3. The maximum atomic E-state index is 9.54. The Labute approximate surface area is 125 Å². The van der Waals surface area contributed by atoms with Crippen molar-refractivity contribution >= 4 is 0 Å².